The highest BCUT2D eigenvalue weighted by molar-refractivity contribution is 7.53. The lowest BCUT2D eigenvalue weighted by atomic mass is 9.78. The van der Waals surface area contributed by atoms with E-state index in [1.165, 1.54) is 18.7 Å². The number of Topliss-reactive ketones (excluding diaryl/α,β-unsaturated/α-hetero) is 3. The third-order valence-electron chi connectivity index (χ3n) is 15.5. The summed E-state index contributed by atoms with van der Waals surface area (Å²) >= 11 is 0. The minimum absolute atomic E-state index is 0.00529. The molecule has 3 unspecified atom stereocenters. The molecule has 1 aliphatic carbocycles. The van der Waals surface area contributed by atoms with Crippen LogP contribution in [0.25, 0.3) is 0 Å². The number of aliphatic hydroxyl groups is 2. The van der Waals surface area contributed by atoms with Gasteiger partial charge in [-0.25, -0.2) is 4.79 Å². The van der Waals surface area contributed by atoms with Crippen LogP contribution in [0, 0.1) is 35.5 Å². The van der Waals surface area contributed by atoms with Crippen LogP contribution in [0.2, 0.25) is 0 Å². The van der Waals surface area contributed by atoms with Crippen LogP contribution in [-0.2, 0) is 66.0 Å². The molecule has 3 heterocycles. The summed E-state index contributed by atoms with van der Waals surface area (Å²) in [6.07, 6.45) is 10.7. The van der Waals surface area contributed by atoms with E-state index in [0.29, 0.717) is 70.8 Å². The molecule has 3 fully saturated rings. The summed E-state index contributed by atoms with van der Waals surface area (Å²) in [6, 6.07) is -1.18. The number of carbonyl (C=O) groups is 5. The highest BCUT2D eigenvalue weighted by Crippen LogP contribution is 2.48. The lowest BCUT2D eigenvalue weighted by Crippen LogP contribution is -2.61. The molecular formula is C56H90NO16P. The molecule has 0 aromatic rings. The van der Waals surface area contributed by atoms with Crippen molar-refractivity contribution in [2.24, 2.45) is 35.5 Å². The van der Waals surface area contributed by atoms with Gasteiger partial charge in [0.25, 0.3) is 11.7 Å². The van der Waals surface area contributed by atoms with Crippen LogP contribution in [-0.4, -0.2) is 153 Å². The molecule has 420 valence electrons. The second-order valence-electron chi connectivity index (χ2n) is 21.5. The van der Waals surface area contributed by atoms with Crippen LogP contribution in [0.5, 0.6) is 0 Å². The number of nitrogens with zero attached hydrogens (tertiary/aromatic N) is 1. The summed E-state index contributed by atoms with van der Waals surface area (Å²) in [5.74, 6) is -8.31. The Morgan fingerprint density at radius 2 is 1.61 bits per heavy atom. The molecule has 18 heteroatoms. The number of aliphatic hydroxyl groups excluding tert-OH is 1. The number of cyclic esters (lactones) is 1. The number of methoxy groups -OCH3 is 3. The van der Waals surface area contributed by atoms with Gasteiger partial charge in [-0.1, -0.05) is 71.1 Å². The fourth-order valence-corrected chi connectivity index (χ4v) is 12.1. The van der Waals surface area contributed by atoms with Crippen LogP contribution in [0.3, 0.4) is 0 Å². The highest BCUT2D eigenvalue weighted by atomic mass is 31.2. The van der Waals surface area contributed by atoms with Crippen molar-refractivity contribution in [3.63, 3.8) is 0 Å². The molecule has 0 aromatic carbocycles. The van der Waals surface area contributed by atoms with E-state index in [-0.39, 0.29) is 61.6 Å². The van der Waals surface area contributed by atoms with E-state index in [2.05, 4.69) is 0 Å². The van der Waals surface area contributed by atoms with Crippen LogP contribution >= 0.6 is 7.60 Å². The summed E-state index contributed by atoms with van der Waals surface area (Å²) in [4.78, 5) is 72.5. The van der Waals surface area contributed by atoms with Gasteiger partial charge in [0, 0.05) is 71.7 Å². The van der Waals surface area contributed by atoms with Crippen molar-refractivity contribution in [3.8, 4) is 0 Å². The molecule has 2 bridgehead atoms. The Bertz CT molecular complexity index is 2040. The Kier molecular flexibility index (Phi) is 25.7. The van der Waals surface area contributed by atoms with Gasteiger partial charge in [-0.2, -0.15) is 0 Å². The normalized spacial score (nSPS) is 35.6. The molecule has 74 heavy (non-hydrogen) atoms. The van der Waals surface area contributed by atoms with Crippen molar-refractivity contribution in [1.82, 2.24) is 4.90 Å². The van der Waals surface area contributed by atoms with Crippen LogP contribution in [0.4, 0.5) is 0 Å². The average Bonchev–Trinajstić information content (AvgIpc) is 3.36. The summed E-state index contributed by atoms with van der Waals surface area (Å²) < 4.78 is 60.0. The van der Waals surface area contributed by atoms with Gasteiger partial charge in [0.15, 0.2) is 11.6 Å². The summed E-state index contributed by atoms with van der Waals surface area (Å²) in [5.41, 5.74) is 1.16. The standard InChI is InChI=1S/C56H90NO16P/c1-13-69-27-28-70-74(12,65)73-46-25-23-42(32-49(46)67-10)31-38(5)48-34-45(58)37(4)30-40(7)51(60)52(68-11)50(59)39(6)29-35(2)19-15-14-16-20-36(3)47(66-9)33-43-24-22-41(8)56(64,72-43)53(61)54(62)57-26-18-17-21-44(57)55(63)71-48/h14-16,19-20,30,35,38-44,46-49,51-52,60,64H,13,17-18,21-29,31-34H2,1-12H3/t35-,38-,39-,40?,41-,42+,43+,44?,46-,47+,48+,49-,51-,52+,56-,74?/m1/s1. The second-order valence-corrected chi connectivity index (χ2v) is 23.5. The topological polar surface area (TPSA) is 220 Å². The van der Waals surface area contributed by atoms with E-state index in [9.17, 15) is 38.8 Å². The molecule has 1 amide bonds. The third-order valence-corrected chi connectivity index (χ3v) is 16.9. The summed E-state index contributed by atoms with van der Waals surface area (Å²) in [7, 11) is 1.08. The minimum Gasteiger partial charge on any atom is -0.460 e. The average molecular weight is 1060 g/mol. The number of fused-ring (bicyclic) bond motifs is 3. The first-order valence-corrected chi connectivity index (χ1v) is 29.0. The van der Waals surface area contributed by atoms with E-state index in [0.717, 1.165) is 5.57 Å². The van der Waals surface area contributed by atoms with Gasteiger partial charge in [-0.05, 0) is 114 Å². The number of carbonyl (C=O) groups excluding carboxylic acids is 5. The Hall–Kier alpha value is -3.22. The van der Waals surface area contributed by atoms with Gasteiger partial charge in [-0.3, -0.25) is 23.7 Å². The molecule has 0 aromatic heterocycles. The zero-order valence-corrected chi connectivity index (χ0v) is 47.3. The molecule has 3 aliphatic heterocycles. The first-order valence-electron chi connectivity index (χ1n) is 27.0. The maximum absolute atomic E-state index is 14.6. The number of ketones is 3. The van der Waals surface area contributed by atoms with Crippen LogP contribution < -0.4 is 0 Å². The maximum Gasteiger partial charge on any atom is 0.329 e. The van der Waals surface area contributed by atoms with Gasteiger partial charge >= 0.3 is 13.6 Å². The number of esters is 1. The van der Waals surface area contributed by atoms with E-state index >= 15 is 0 Å². The Balaban J connectivity index is 1.68. The first-order chi connectivity index (χ1) is 35.0. The van der Waals surface area contributed by atoms with E-state index in [1.54, 1.807) is 41.1 Å². The van der Waals surface area contributed by atoms with Crippen molar-refractivity contribution in [2.45, 2.75) is 187 Å². The second kappa shape index (κ2) is 30.1. The largest absolute Gasteiger partial charge is 0.460 e. The monoisotopic (exact) mass is 1060 g/mol. The SMILES string of the molecule is CCOCCOP(C)(=O)O[C@@H]1CC[C@@H](C[C@@H](C)[C@@H]2CC(=O)C(C)=CC(C)[C@@H](O)[C@@H](OC)C(=O)[C@H](C)C[C@H](C)C=CC=CC=C(C)[C@@H](OC)C[C@@H]3CC[C@@H](C)[C@@](O)(O3)C(=O)C(=O)N3CCCCC3C(=O)O2)C[C@H]1OC. The van der Waals surface area contributed by atoms with Crippen LogP contribution in [0.15, 0.2) is 47.6 Å². The Labute approximate surface area is 441 Å². The minimum atomic E-state index is -3.44. The molecule has 2 saturated heterocycles. The van der Waals surface area contributed by atoms with Crippen molar-refractivity contribution < 1.29 is 76.2 Å². The number of allylic oxidation sites excluding steroid dienone is 6. The van der Waals surface area contributed by atoms with Gasteiger partial charge in [-0.15, -0.1) is 0 Å². The maximum atomic E-state index is 14.6. The number of amides is 1. The van der Waals surface area contributed by atoms with E-state index < -0.39 is 103 Å². The predicted molar refractivity (Wildman–Crippen MR) is 280 cm³/mol. The molecule has 0 spiro atoms. The molecule has 17 nitrogen and oxygen atoms in total. The van der Waals surface area contributed by atoms with Crippen molar-refractivity contribution in [1.29, 1.82) is 0 Å². The number of hydrogen-bond donors (Lipinski definition) is 2. The van der Waals surface area contributed by atoms with E-state index in [1.807, 2.05) is 65.0 Å². The van der Waals surface area contributed by atoms with Crippen LogP contribution in [0.1, 0.15) is 132 Å². The van der Waals surface area contributed by atoms with E-state index in [4.69, 9.17) is 37.5 Å². The van der Waals surface area contributed by atoms with Crippen molar-refractivity contribution >= 4 is 36.8 Å². The highest BCUT2D eigenvalue weighted by Gasteiger charge is 2.53. The van der Waals surface area contributed by atoms with Gasteiger partial charge in [0.1, 0.15) is 18.2 Å². The smallest absolute Gasteiger partial charge is 0.329 e. The van der Waals surface area contributed by atoms with Gasteiger partial charge in [0.05, 0.1) is 43.7 Å². The molecule has 16 atom stereocenters. The summed E-state index contributed by atoms with van der Waals surface area (Å²) in [6.45, 7) is 16.9. The number of piperidine rings is 1. The fourth-order valence-electron chi connectivity index (χ4n) is 10.9. The molecular weight excluding hydrogens is 974 g/mol. The Morgan fingerprint density at radius 3 is 2.28 bits per heavy atom. The molecule has 4 aliphatic rings. The predicted octanol–water partition coefficient (Wildman–Crippen LogP) is 8.08. The zero-order valence-electron chi connectivity index (χ0n) is 46.4. The van der Waals surface area contributed by atoms with Gasteiger partial charge in [0.2, 0.25) is 5.79 Å². The van der Waals surface area contributed by atoms with Gasteiger partial charge < -0.3 is 52.6 Å². The molecule has 1 saturated carbocycles. The lowest BCUT2D eigenvalue weighted by molar-refractivity contribution is -0.265. The van der Waals surface area contributed by atoms with Crippen molar-refractivity contribution in [2.75, 3.05) is 54.4 Å². The fraction of sp³-hybridized carbons (Fsp3) is 0.768. The molecule has 0 radical (unpaired) electrons. The molecule has 4 rings (SSSR count). The molecule has 2 N–H and O–H groups in total. The third kappa shape index (κ3) is 17.9. The number of ether oxygens (including phenoxy) is 6. The van der Waals surface area contributed by atoms with Crippen molar-refractivity contribution in [3.05, 3.63) is 47.6 Å². The number of hydrogen-bond acceptors (Lipinski definition) is 16. The quantitative estimate of drug-likeness (QED) is 0.0770. The first kappa shape index (κ1) is 63.3. The number of rotatable bonds is 13. The lowest BCUT2D eigenvalue weighted by Gasteiger charge is -2.42. The zero-order chi connectivity index (χ0) is 54.9. The Morgan fingerprint density at radius 1 is 0.878 bits per heavy atom. The summed E-state index contributed by atoms with van der Waals surface area (Å²) in [5, 5.41) is 23.6.